The van der Waals surface area contributed by atoms with Gasteiger partial charge in [-0.05, 0) is 29.7 Å². The summed E-state index contributed by atoms with van der Waals surface area (Å²) in [6.07, 6.45) is -0.120. The molecule has 0 radical (unpaired) electrons. The summed E-state index contributed by atoms with van der Waals surface area (Å²) in [6.45, 7) is 5.04. The summed E-state index contributed by atoms with van der Waals surface area (Å²) < 4.78 is 0. The molecule has 9 nitrogen and oxygen atoms in total. The van der Waals surface area contributed by atoms with Crippen molar-refractivity contribution in [3.63, 3.8) is 0 Å². The van der Waals surface area contributed by atoms with Crippen LogP contribution in [0, 0.1) is 17.8 Å². The zero-order chi connectivity index (χ0) is 27.3. The fourth-order valence-electron chi connectivity index (χ4n) is 4.35. The second-order valence-corrected chi connectivity index (χ2v) is 9.90. The molecule has 0 saturated carbocycles. The number of nitrogens with zero attached hydrogens (tertiary/aromatic N) is 1. The number of imide groups is 1. The van der Waals surface area contributed by atoms with Crippen molar-refractivity contribution in [2.24, 2.45) is 17.8 Å². The number of hydrogen-bond donors (Lipinski definition) is 3. The van der Waals surface area contributed by atoms with Gasteiger partial charge in [-0.3, -0.25) is 29.3 Å². The monoisotopic (exact) mass is 506 g/mol. The van der Waals surface area contributed by atoms with Crippen molar-refractivity contribution in [2.75, 3.05) is 19.0 Å². The highest BCUT2D eigenvalue weighted by Crippen LogP contribution is 2.24. The second kappa shape index (κ2) is 11.8. The van der Waals surface area contributed by atoms with Gasteiger partial charge in [-0.25, -0.2) is 0 Å². The molecule has 9 heteroatoms. The lowest BCUT2D eigenvalue weighted by molar-refractivity contribution is -0.137. The summed E-state index contributed by atoms with van der Waals surface area (Å²) in [6, 6.07) is 14.6. The second-order valence-electron chi connectivity index (χ2n) is 9.90. The van der Waals surface area contributed by atoms with E-state index in [-0.39, 0.29) is 18.2 Å². The zero-order valence-electron chi connectivity index (χ0n) is 21.8. The van der Waals surface area contributed by atoms with E-state index < -0.39 is 47.4 Å². The van der Waals surface area contributed by atoms with E-state index in [1.54, 1.807) is 32.0 Å². The highest BCUT2D eigenvalue weighted by molar-refractivity contribution is 6.16. The van der Waals surface area contributed by atoms with Crippen molar-refractivity contribution in [3.8, 4) is 0 Å². The Morgan fingerprint density at radius 1 is 0.946 bits per heavy atom. The first-order chi connectivity index (χ1) is 17.5. The Bertz CT molecular complexity index is 1180. The van der Waals surface area contributed by atoms with E-state index in [0.717, 1.165) is 11.3 Å². The smallest absolute Gasteiger partial charge is 0.251 e. The maximum absolute atomic E-state index is 13.2. The van der Waals surface area contributed by atoms with Crippen LogP contribution in [-0.2, 0) is 19.2 Å². The molecule has 0 spiro atoms. The van der Waals surface area contributed by atoms with Gasteiger partial charge in [0.25, 0.3) is 5.91 Å². The molecule has 1 fully saturated rings. The van der Waals surface area contributed by atoms with Crippen molar-refractivity contribution in [3.05, 3.63) is 65.7 Å². The number of amides is 4. The number of nitrogens with one attached hydrogen (secondary N) is 3. The van der Waals surface area contributed by atoms with Crippen LogP contribution < -0.4 is 20.9 Å². The molecule has 2 aromatic rings. The summed E-state index contributed by atoms with van der Waals surface area (Å²) in [5, 5.41) is 7.87. The van der Waals surface area contributed by atoms with Crippen molar-refractivity contribution >= 4 is 35.1 Å². The van der Waals surface area contributed by atoms with E-state index in [0.29, 0.717) is 5.56 Å². The molecule has 196 valence electrons. The quantitative estimate of drug-likeness (QED) is 0.335. The van der Waals surface area contributed by atoms with Gasteiger partial charge in [0.05, 0.1) is 24.4 Å². The van der Waals surface area contributed by atoms with Gasteiger partial charge in [-0.15, -0.1) is 0 Å². The number of hydrogen-bond acceptors (Lipinski definition) is 6. The van der Waals surface area contributed by atoms with Crippen LogP contribution in [0.3, 0.4) is 0 Å². The van der Waals surface area contributed by atoms with E-state index >= 15 is 0 Å². The third-order valence-electron chi connectivity index (χ3n) is 6.56. The summed E-state index contributed by atoms with van der Waals surface area (Å²) >= 11 is 0. The van der Waals surface area contributed by atoms with Crippen molar-refractivity contribution in [1.82, 2.24) is 16.0 Å². The molecule has 37 heavy (non-hydrogen) atoms. The molecule has 4 amide bonds. The lowest BCUT2D eigenvalue weighted by Crippen LogP contribution is -2.49. The Balaban J connectivity index is 1.78. The fourth-order valence-corrected chi connectivity index (χ4v) is 4.35. The van der Waals surface area contributed by atoms with Crippen LogP contribution in [0.25, 0.3) is 0 Å². The SMILES string of the molecule is CC(C)[C@H](NC(=O)C[C@H](NC(=O)c1cccc(N(C)C)c1)c1ccccc1)C(=O)[C@@H]1C(=O)NC(=O)[C@H]1C. The first-order valence-electron chi connectivity index (χ1n) is 12.3. The molecule has 0 unspecified atom stereocenters. The Morgan fingerprint density at radius 2 is 1.62 bits per heavy atom. The van der Waals surface area contributed by atoms with Gasteiger partial charge in [0, 0.05) is 25.3 Å². The molecule has 0 aliphatic carbocycles. The van der Waals surface area contributed by atoms with E-state index in [1.165, 1.54) is 6.92 Å². The average Bonchev–Trinajstić information content (AvgIpc) is 3.12. The standard InChI is InChI=1S/C28H34N4O5/c1-16(2)24(25(34)23-17(3)26(35)31-28(23)37)30-22(33)15-21(18-10-7-6-8-11-18)29-27(36)19-12-9-13-20(14-19)32(4)5/h6-14,16-17,21,23-24H,15H2,1-5H3,(H,29,36)(H,30,33)(H,31,35,37)/t17-,21-,23+,24-/m0/s1. The van der Waals surface area contributed by atoms with Crippen LogP contribution in [0.5, 0.6) is 0 Å². The summed E-state index contributed by atoms with van der Waals surface area (Å²) in [4.78, 5) is 65.5. The molecule has 3 rings (SSSR count). The molecule has 1 heterocycles. The first-order valence-corrected chi connectivity index (χ1v) is 12.3. The van der Waals surface area contributed by atoms with Gasteiger partial charge >= 0.3 is 0 Å². The van der Waals surface area contributed by atoms with Crippen LogP contribution in [0.15, 0.2) is 54.6 Å². The van der Waals surface area contributed by atoms with Gasteiger partial charge in [0.1, 0.15) is 5.92 Å². The number of benzene rings is 2. The Morgan fingerprint density at radius 3 is 2.19 bits per heavy atom. The van der Waals surface area contributed by atoms with E-state index in [2.05, 4.69) is 16.0 Å². The maximum atomic E-state index is 13.2. The number of ketones is 1. The van der Waals surface area contributed by atoms with Crippen molar-refractivity contribution < 1.29 is 24.0 Å². The van der Waals surface area contributed by atoms with Crippen LogP contribution in [0.4, 0.5) is 5.69 Å². The van der Waals surface area contributed by atoms with Crippen LogP contribution in [0.2, 0.25) is 0 Å². The Kier molecular flexibility index (Phi) is 8.81. The van der Waals surface area contributed by atoms with E-state index in [1.807, 2.05) is 55.4 Å². The predicted octanol–water partition coefficient (Wildman–Crippen LogP) is 2.23. The number of rotatable bonds is 10. The number of Topliss-reactive ketones (excluding diaryl/α,β-unsaturated/α-hetero) is 1. The van der Waals surface area contributed by atoms with Crippen molar-refractivity contribution in [1.29, 1.82) is 0 Å². The number of anilines is 1. The van der Waals surface area contributed by atoms with Crippen molar-refractivity contribution in [2.45, 2.75) is 39.3 Å². The Labute approximate surface area is 217 Å². The molecule has 1 saturated heterocycles. The number of carbonyl (C=O) groups excluding carboxylic acids is 5. The van der Waals surface area contributed by atoms with Crippen LogP contribution in [0.1, 0.15) is 49.2 Å². The molecular weight excluding hydrogens is 472 g/mol. The third-order valence-corrected chi connectivity index (χ3v) is 6.56. The molecule has 1 aliphatic heterocycles. The largest absolute Gasteiger partial charge is 0.378 e. The predicted molar refractivity (Wildman–Crippen MR) is 140 cm³/mol. The van der Waals surface area contributed by atoms with Gasteiger partial charge in [0.15, 0.2) is 5.78 Å². The molecule has 0 bridgehead atoms. The molecule has 0 aromatic heterocycles. The lowest BCUT2D eigenvalue weighted by atomic mass is 9.85. The van der Waals surface area contributed by atoms with E-state index in [4.69, 9.17) is 0 Å². The molecule has 1 aliphatic rings. The highest BCUT2D eigenvalue weighted by atomic mass is 16.2. The van der Waals surface area contributed by atoms with Gasteiger partial charge in [-0.2, -0.15) is 0 Å². The average molecular weight is 507 g/mol. The van der Waals surface area contributed by atoms with Gasteiger partial charge < -0.3 is 15.5 Å². The Hall–Kier alpha value is -4.01. The molecule has 4 atom stereocenters. The topological polar surface area (TPSA) is 125 Å². The zero-order valence-corrected chi connectivity index (χ0v) is 21.8. The summed E-state index contributed by atoms with van der Waals surface area (Å²) in [7, 11) is 3.76. The van der Waals surface area contributed by atoms with Gasteiger partial charge in [0.2, 0.25) is 17.7 Å². The lowest BCUT2D eigenvalue weighted by Gasteiger charge is -2.26. The fraction of sp³-hybridized carbons (Fsp3) is 0.393. The highest BCUT2D eigenvalue weighted by Gasteiger charge is 2.46. The molecule has 2 aromatic carbocycles. The minimum absolute atomic E-state index is 0.120. The third kappa shape index (κ3) is 6.61. The molecular formula is C28H34N4O5. The summed E-state index contributed by atoms with van der Waals surface area (Å²) in [5.41, 5.74) is 2.05. The minimum atomic E-state index is -1.14. The normalized spacial score (nSPS) is 18.6. The van der Waals surface area contributed by atoms with Crippen LogP contribution >= 0.6 is 0 Å². The van der Waals surface area contributed by atoms with E-state index in [9.17, 15) is 24.0 Å². The van der Waals surface area contributed by atoms with Crippen LogP contribution in [-0.4, -0.2) is 49.5 Å². The summed E-state index contributed by atoms with van der Waals surface area (Å²) in [5.74, 6) is -4.69. The number of carbonyl (C=O) groups is 5. The van der Waals surface area contributed by atoms with Gasteiger partial charge in [-0.1, -0.05) is 57.2 Å². The molecule has 3 N–H and O–H groups in total. The maximum Gasteiger partial charge on any atom is 0.251 e. The minimum Gasteiger partial charge on any atom is -0.378 e. The first kappa shape index (κ1) is 27.6.